The molecule has 0 aromatic heterocycles. The van der Waals surface area contributed by atoms with Crippen molar-refractivity contribution in [2.24, 2.45) is 5.73 Å². The van der Waals surface area contributed by atoms with E-state index < -0.39 is 12.0 Å². The van der Waals surface area contributed by atoms with E-state index in [1.54, 1.807) is 30.3 Å². The van der Waals surface area contributed by atoms with Crippen molar-refractivity contribution in [2.45, 2.75) is 12.5 Å². The molecular formula is C15H11I3NNaO4. The molecule has 2 aromatic rings. The van der Waals surface area contributed by atoms with Crippen LogP contribution >= 0.6 is 67.8 Å². The van der Waals surface area contributed by atoms with Crippen molar-refractivity contribution in [3.05, 3.63) is 46.6 Å². The molecule has 0 saturated heterocycles. The molecule has 0 bridgehead atoms. The molecule has 24 heavy (non-hydrogen) atoms. The number of ether oxygens (including phenoxy) is 1. The summed E-state index contributed by atoms with van der Waals surface area (Å²) in [4.78, 5) is 10.8. The Balaban J connectivity index is 0.00000288. The minimum absolute atomic E-state index is 0. The van der Waals surface area contributed by atoms with Crippen LogP contribution in [0.25, 0.3) is 0 Å². The Morgan fingerprint density at radius 2 is 1.79 bits per heavy atom. The van der Waals surface area contributed by atoms with E-state index in [0.717, 1.165) is 12.7 Å². The summed E-state index contributed by atoms with van der Waals surface area (Å²) in [5.41, 5.74) is 6.34. The Morgan fingerprint density at radius 3 is 2.33 bits per heavy atom. The zero-order valence-electron chi connectivity index (χ0n) is 12.6. The normalized spacial score (nSPS) is 11.5. The fraction of sp³-hybridized carbons (Fsp3) is 0.133. The van der Waals surface area contributed by atoms with Gasteiger partial charge in [-0.05, 0) is 91.9 Å². The predicted molar refractivity (Wildman–Crippen MR) is 110 cm³/mol. The number of aliphatic carboxylic acids is 1. The molecule has 0 aliphatic carbocycles. The number of nitrogens with two attached hydrogens (primary N) is 1. The summed E-state index contributed by atoms with van der Waals surface area (Å²) in [5, 5.41) is 20.6. The topological polar surface area (TPSA) is 95.6 Å². The van der Waals surface area contributed by atoms with E-state index in [9.17, 15) is 9.90 Å². The second-order valence-corrected chi connectivity index (χ2v) is 8.03. The summed E-state index contributed by atoms with van der Waals surface area (Å²) in [6.07, 6.45) is 0.257. The summed E-state index contributed by atoms with van der Waals surface area (Å²) in [6.45, 7) is 0. The third kappa shape index (κ3) is 5.84. The Bertz CT molecular complexity index is 740. The van der Waals surface area contributed by atoms with Gasteiger partial charge in [0.15, 0.2) is 5.75 Å². The second kappa shape index (κ2) is 10.1. The van der Waals surface area contributed by atoms with Gasteiger partial charge in [0.1, 0.15) is 11.8 Å². The Labute approximate surface area is 202 Å². The molecule has 122 valence electrons. The van der Waals surface area contributed by atoms with Gasteiger partial charge in [-0.3, -0.25) is 4.79 Å². The Kier molecular flexibility index (Phi) is 9.57. The average Bonchev–Trinajstić information content (AvgIpc) is 2.51. The largest absolute Gasteiger partial charge is 1.00 e. The van der Waals surface area contributed by atoms with Crippen LogP contribution in [0.1, 0.15) is 5.56 Å². The van der Waals surface area contributed by atoms with Crippen LogP contribution in [-0.4, -0.2) is 17.1 Å². The van der Waals surface area contributed by atoms with Crippen molar-refractivity contribution in [1.82, 2.24) is 0 Å². The quantitative estimate of drug-likeness (QED) is 0.271. The molecule has 0 spiro atoms. The summed E-state index contributed by atoms with van der Waals surface area (Å²) in [6, 6.07) is 7.70. The van der Waals surface area contributed by atoms with Gasteiger partial charge < -0.3 is 20.7 Å². The molecule has 0 aliphatic rings. The number of halogens is 3. The van der Waals surface area contributed by atoms with E-state index in [4.69, 9.17) is 15.6 Å². The van der Waals surface area contributed by atoms with Gasteiger partial charge in [-0.2, -0.15) is 0 Å². The Morgan fingerprint density at radius 1 is 1.21 bits per heavy atom. The maximum absolute atomic E-state index is 11.7. The van der Waals surface area contributed by atoms with Crippen molar-refractivity contribution in [3.8, 4) is 17.2 Å². The third-order valence-corrected chi connectivity index (χ3v) is 6.93. The van der Waals surface area contributed by atoms with Crippen LogP contribution in [-0.2, 0) is 11.2 Å². The van der Waals surface area contributed by atoms with Crippen LogP contribution in [0.5, 0.6) is 17.2 Å². The maximum Gasteiger partial charge on any atom is 1.00 e. The van der Waals surface area contributed by atoms with Gasteiger partial charge in [0.05, 0.1) is 7.14 Å². The molecule has 0 amide bonds. The van der Waals surface area contributed by atoms with Crippen molar-refractivity contribution >= 4 is 73.7 Å². The smallest absolute Gasteiger partial charge is 0.872 e. The molecule has 0 radical (unpaired) electrons. The summed E-state index contributed by atoms with van der Waals surface area (Å²) >= 11 is 6.17. The summed E-state index contributed by atoms with van der Waals surface area (Å²) < 4.78 is 8.02. The van der Waals surface area contributed by atoms with Gasteiger partial charge in [0.25, 0.3) is 0 Å². The fourth-order valence-corrected chi connectivity index (χ4v) is 4.05. The molecule has 0 unspecified atom stereocenters. The number of carbonyl (C=O) groups is 1. The zero-order chi connectivity index (χ0) is 17.1. The molecule has 0 heterocycles. The predicted octanol–water partition coefficient (Wildman–Crippen LogP) is 0.325. The zero-order valence-corrected chi connectivity index (χ0v) is 21.0. The van der Waals surface area contributed by atoms with Crippen LogP contribution in [0, 0.1) is 10.7 Å². The van der Waals surface area contributed by atoms with Crippen molar-refractivity contribution in [2.75, 3.05) is 0 Å². The van der Waals surface area contributed by atoms with Crippen LogP contribution in [0.3, 0.4) is 0 Å². The van der Waals surface area contributed by atoms with E-state index in [0.29, 0.717) is 15.1 Å². The first-order valence-corrected chi connectivity index (χ1v) is 9.63. The minimum Gasteiger partial charge on any atom is -0.872 e. The van der Waals surface area contributed by atoms with Gasteiger partial charge in [-0.1, -0.05) is 23.9 Å². The summed E-state index contributed by atoms with van der Waals surface area (Å²) in [5.74, 6) is 0.208. The first-order chi connectivity index (χ1) is 10.8. The minimum atomic E-state index is -1.03. The van der Waals surface area contributed by atoms with Crippen LogP contribution in [0.2, 0.25) is 0 Å². The van der Waals surface area contributed by atoms with Crippen molar-refractivity contribution in [1.29, 1.82) is 0 Å². The van der Waals surface area contributed by atoms with Crippen LogP contribution < -0.4 is 45.1 Å². The number of hydrogen-bond acceptors (Lipinski definition) is 4. The first-order valence-electron chi connectivity index (χ1n) is 6.39. The molecule has 9 heteroatoms. The molecule has 0 aliphatic heterocycles. The Hall–Kier alpha value is 0.660. The molecule has 2 rings (SSSR count). The van der Waals surface area contributed by atoms with Crippen molar-refractivity contribution in [3.63, 3.8) is 0 Å². The van der Waals surface area contributed by atoms with Gasteiger partial charge >= 0.3 is 35.5 Å². The third-order valence-electron chi connectivity index (χ3n) is 3.00. The fourth-order valence-electron chi connectivity index (χ4n) is 1.80. The van der Waals surface area contributed by atoms with Gasteiger partial charge in [-0.15, -0.1) is 0 Å². The van der Waals surface area contributed by atoms with E-state index >= 15 is 0 Å². The van der Waals surface area contributed by atoms with Gasteiger partial charge in [0.2, 0.25) is 0 Å². The molecule has 0 saturated carbocycles. The monoisotopic (exact) mass is 673 g/mol. The number of hydrogen-bond donors (Lipinski definition) is 2. The molecule has 1 atom stereocenters. The average molecular weight is 673 g/mol. The van der Waals surface area contributed by atoms with E-state index in [2.05, 4.69) is 45.2 Å². The van der Waals surface area contributed by atoms with E-state index in [1.807, 2.05) is 22.6 Å². The molecule has 3 N–H and O–H groups in total. The second-order valence-electron chi connectivity index (χ2n) is 4.71. The van der Waals surface area contributed by atoms with Gasteiger partial charge in [-0.25, -0.2) is 0 Å². The standard InChI is InChI=1S/C15H12I3NO4.Na/c16-9-6-11(20)12(17)13(18)14(9)23-8-3-1-7(2-4-8)5-10(19)15(21)22;/h1-4,6,10,20H,5,19H2,(H,21,22);/q;+1/p-1/t10-;/m0./s1. The molecular weight excluding hydrogens is 662 g/mol. The van der Waals surface area contributed by atoms with Crippen molar-refractivity contribution < 1.29 is 49.3 Å². The van der Waals surface area contributed by atoms with Gasteiger partial charge in [0, 0.05) is 3.57 Å². The molecule has 5 nitrogen and oxygen atoms in total. The van der Waals surface area contributed by atoms with E-state index in [-0.39, 0.29) is 41.7 Å². The SMILES string of the molecule is N[C@@H](Cc1ccc(Oc2c(I)cc([O-])c(I)c2I)cc1)C(=O)O.[Na+]. The maximum atomic E-state index is 11.7. The van der Waals surface area contributed by atoms with Crippen LogP contribution in [0.15, 0.2) is 30.3 Å². The van der Waals surface area contributed by atoms with Crippen LogP contribution in [0.4, 0.5) is 0 Å². The first kappa shape index (κ1) is 22.7. The van der Waals surface area contributed by atoms with E-state index in [1.165, 1.54) is 0 Å². The molecule has 2 aromatic carbocycles. The number of carboxylic acids is 1. The number of carboxylic acid groups (broad SMARTS) is 1. The molecule has 0 fully saturated rings. The summed E-state index contributed by atoms with van der Waals surface area (Å²) in [7, 11) is 0. The number of benzene rings is 2. The number of rotatable bonds is 5.